The second-order valence-electron chi connectivity index (χ2n) is 5.94. The smallest absolute Gasteiger partial charge is 0.408 e. The van der Waals surface area contributed by atoms with Crippen LogP contribution in [0.25, 0.3) is 11.1 Å². The first-order valence-electron chi connectivity index (χ1n) is 8.11. The largest absolute Gasteiger partial charge is 0.419 e. The topological polar surface area (TPSA) is 35.1 Å². The van der Waals surface area contributed by atoms with Crippen LogP contribution >= 0.6 is 11.8 Å². The van der Waals surface area contributed by atoms with Crippen LogP contribution in [0.2, 0.25) is 0 Å². The number of hydrogen-bond donors (Lipinski definition) is 0. The third kappa shape index (κ3) is 2.83. The number of para-hydroxylation sites is 2. The Bertz CT molecular complexity index is 880. The molecule has 2 aromatic carbocycles. The van der Waals surface area contributed by atoms with Gasteiger partial charge in [0.05, 0.1) is 5.52 Å². The second-order valence-corrected chi connectivity index (χ2v) is 7.25. The minimum atomic E-state index is -0.254. The minimum absolute atomic E-state index is 0.254. The SMILES string of the molecule is O=c1oc2ccccc2n1CCSC1CCCc2ccccc21. The molecule has 0 N–H and O–H groups in total. The van der Waals surface area contributed by atoms with E-state index >= 15 is 0 Å². The van der Waals surface area contributed by atoms with Gasteiger partial charge in [-0.05, 0) is 42.5 Å². The van der Waals surface area contributed by atoms with Gasteiger partial charge < -0.3 is 4.42 Å². The third-order valence-corrected chi connectivity index (χ3v) is 5.83. The maximum atomic E-state index is 12.0. The number of thioether (sulfide) groups is 1. The number of aromatic nitrogens is 1. The van der Waals surface area contributed by atoms with Crippen molar-refractivity contribution in [2.75, 3.05) is 5.75 Å². The van der Waals surface area contributed by atoms with Crippen molar-refractivity contribution in [1.29, 1.82) is 0 Å². The van der Waals surface area contributed by atoms with Crippen molar-refractivity contribution >= 4 is 22.9 Å². The number of benzene rings is 2. The van der Waals surface area contributed by atoms with Gasteiger partial charge in [0, 0.05) is 17.5 Å². The molecule has 0 amide bonds. The molecule has 0 radical (unpaired) electrons. The molecule has 1 unspecified atom stereocenters. The number of oxazole rings is 1. The monoisotopic (exact) mass is 325 g/mol. The highest BCUT2D eigenvalue weighted by Gasteiger charge is 2.20. The predicted molar refractivity (Wildman–Crippen MR) is 95.1 cm³/mol. The van der Waals surface area contributed by atoms with Crippen LogP contribution in [0.1, 0.15) is 29.2 Å². The zero-order valence-corrected chi connectivity index (χ0v) is 13.7. The zero-order chi connectivity index (χ0) is 15.6. The molecule has 0 saturated heterocycles. The van der Waals surface area contributed by atoms with Crippen molar-refractivity contribution in [3.05, 3.63) is 70.2 Å². The Balaban J connectivity index is 1.48. The van der Waals surface area contributed by atoms with Crippen LogP contribution in [0.3, 0.4) is 0 Å². The first kappa shape index (κ1) is 14.6. The molecule has 4 heteroatoms. The lowest BCUT2D eigenvalue weighted by Gasteiger charge is -2.25. The summed E-state index contributed by atoms with van der Waals surface area (Å²) in [5, 5.41) is 0.550. The van der Waals surface area contributed by atoms with Gasteiger partial charge in [-0.3, -0.25) is 4.57 Å². The van der Waals surface area contributed by atoms with E-state index in [-0.39, 0.29) is 5.76 Å². The van der Waals surface area contributed by atoms with Crippen LogP contribution in [-0.2, 0) is 13.0 Å². The molecule has 23 heavy (non-hydrogen) atoms. The molecule has 0 aliphatic heterocycles. The number of aryl methyl sites for hydroxylation is 2. The summed E-state index contributed by atoms with van der Waals surface area (Å²) in [6, 6.07) is 16.4. The van der Waals surface area contributed by atoms with Crippen LogP contribution in [0.5, 0.6) is 0 Å². The molecule has 0 spiro atoms. The van der Waals surface area contributed by atoms with Crippen molar-refractivity contribution in [2.24, 2.45) is 0 Å². The fourth-order valence-electron chi connectivity index (χ4n) is 3.39. The first-order chi connectivity index (χ1) is 11.3. The van der Waals surface area contributed by atoms with Crippen LogP contribution in [0, 0.1) is 0 Å². The van der Waals surface area contributed by atoms with Gasteiger partial charge in [-0.25, -0.2) is 4.79 Å². The molecular formula is C19H19NO2S. The highest BCUT2D eigenvalue weighted by molar-refractivity contribution is 7.99. The summed E-state index contributed by atoms with van der Waals surface area (Å²) >= 11 is 1.95. The molecule has 3 nitrogen and oxygen atoms in total. The summed E-state index contributed by atoms with van der Waals surface area (Å²) in [4.78, 5) is 12.0. The van der Waals surface area contributed by atoms with Crippen LogP contribution < -0.4 is 5.76 Å². The van der Waals surface area contributed by atoms with Gasteiger partial charge in [-0.2, -0.15) is 11.8 Å². The van der Waals surface area contributed by atoms with Crippen LogP contribution in [0.4, 0.5) is 0 Å². The maximum Gasteiger partial charge on any atom is 0.419 e. The van der Waals surface area contributed by atoms with Gasteiger partial charge in [0.15, 0.2) is 5.58 Å². The fourth-order valence-corrected chi connectivity index (χ4v) is 4.71. The Kier molecular flexibility index (Phi) is 4.00. The molecule has 4 rings (SSSR count). The number of fused-ring (bicyclic) bond motifs is 2. The van der Waals surface area contributed by atoms with Gasteiger partial charge in [-0.1, -0.05) is 36.4 Å². The maximum absolute atomic E-state index is 12.0. The van der Waals surface area contributed by atoms with E-state index in [0.717, 1.165) is 11.3 Å². The highest BCUT2D eigenvalue weighted by Crippen LogP contribution is 2.39. The molecule has 118 valence electrons. The molecule has 0 fully saturated rings. The van der Waals surface area contributed by atoms with Gasteiger partial charge in [0.2, 0.25) is 0 Å². The van der Waals surface area contributed by atoms with Gasteiger partial charge >= 0.3 is 5.76 Å². The molecule has 1 aliphatic rings. The zero-order valence-electron chi connectivity index (χ0n) is 12.9. The normalized spacial score (nSPS) is 17.3. The fraction of sp³-hybridized carbons (Fsp3) is 0.316. The van der Waals surface area contributed by atoms with E-state index in [0.29, 0.717) is 17.4 Å². The van der Waals surface area contributed by atoms with E-state index < -0.39 is 0 Å². The van der Waals surface area contributed by atoms with E-state index in [1.165, 1.54) is 30.4 Å². The third-order valence-electron chi connectivity index (χ3n) is 4.52. The Hall–Kier alpha value is -1.94. The molecule has 0 bridgehead atoms. The van der Waals surface area contributed by atoms with E-state index in [1.54, 1.807) is 4.57 Å². The quantitative estimate of drug-likeness (QED) is 0.713. The summed E-state index contributed by atoms with van der Waals surface area (Å²) in [7, 11) is 0. The highest BCUT2D eigenvalue weighted by atomic mass is 32.2. The average molecular weight is 325 g/mol. The predicted octanol–water partition coefficient (Wildman–Crippen LogP) is 4.41. The van der Waals surface area contributed by atoms with Crippen LogP contribution in [-0.4, -0.2) is 10.3 Å². The Morgan fingerprint density at radius 1 is 1.13 bits per heavy atom. The average Bonchev–Trinajstić information content (AvgIpc) is 2.91. The number of hydrogen-bond acceptors (Lipinski definition) is 3. The first-order valence-corrected chi connectivity index (χ1v) is 9.15. The van der Waals surface area contributed by atoms with Gasteiger partial charge in [-0.15, -0.1) is 0 Å². The van der Waals surface area contributed by atoms with E-state index in [4.69, 9.17) is 4.42 Å². The molecule has 3 aromatic rings. The summed E-state index contributed by atoms with van der Waals surface area (Å²) < 4.78 is 7.04. The van der Waals surface area contributed by atoms with Crippen molar-refractivity contribution in [3.8, 4) is 0 Å². The van der Waals surface area contributed by atoms with Crippen molar-refractivity contribution in [3.63, 3.8) is 0 Å². The summed E-state index contributed by atoms with van der Waals surface area (Å²) in [6.45, 7) is 0.694. The lowest BCUT2D eigenvalue weighted by Crippen LogP contribution is -2.16. The lowest BCUT2D eigenvalue weighted by atomic mass is 9.91. The number of rotatable bonds is 4. The Morgan fingerprint density at radius 3 is 2.91 bits per heavy atom. The minimum Gasteiger partial charge on any atom is -0.408 e. The summed E-state index contributed by atoms with van der Waals surface area (Å²) in [6.07, 6.45) is 3.67. The van der Waals surface area contributed by atoms with Gasteiger partial charge in [0.1, 0.15) is 0 Å². The molecule has 1 aromatic heterocycles. The van der Waals surface area contributed by atoms with E-state index in [2.05, 4.69) is 24.3 Å². The Morgan fingerprint density at radius 2 is 1.96 bits per heavy atom. The lowest BCUT2D eigenvalue weighted by molar-refractivity contribution is 0.514. The van der Waals surface area contributed by atoms with Crippen molar-refractivity contribution < 1.29 is 4.42 Å². The van der Waals surface area contributed by atoms with E-state index in [9.17, 15) is 4.79 Å². The van der Waals surface area contributed by atoms with Crippen molar-refractivity contribution in [1.82, 2.24) is 4.57 Å². The number of nitrogens with zero attached hydrogens (tertiary/aromatic N) is 1. The van der Waals surface area contributed by atoms with Crippen molar-refractivity contribution in [2.45, 2.75) is 31.1 Å². The van der Waals surface area contributed by atoms with Crippen LogP contribution in [0.15, 0.2) is 57.7 Å². The summed E-state index contributed by atoms with van der Waals surface area (Å²) in [5.74, 6) is 0.665. The molecule has 1 atom stereocenters. The molecular weight excluding hydrogens is 306 g/mol. The molecule has 0 saturated carbocycles. The summed E-state index contributed by atoms with van der Waals surface area (Å²) in [5.41, 5.74) is 4.53. The van der Waals surface area contributed by atoms with E-state index in [1.807, 2.05) is 36.0 Å². The second kappa shape index (κ2) is 6.28. The van der Waals surface area contributed by atoms with Gasteiger partial charge in [0.25, 0.3) is 0 Å². The molecule has 1 aliphatic carbocycles. The standard InChI is InChI=1S/C19H19NO2S/c21-19-20(16-9-3-4-10-17(16)22-19)12-13-23-18-11-5-7-14-6-1-2-8-15(14)18/h1-4,6,8-10,18H,5,7,11-13H2. The molecule has 1 heterocycles. The Labute approximate surface area is 139 Å².